The third-order valence-electron chi connectivity index (χ3n) is 4.60. The lowest BCUT2D eigenvalue weighted by Gasteiger charge is -2.20. The van der Waals surface area contributed by atoms with E-state index in [4.69, 9.17) is 14.2 Å². The molecule has 0 saturated carbocycles. The molecule has 10 heteroatoms. The van der Waals surface area contributed by atoms with Crippen molar-refractivity contribution in [1.29, 1.82) is 0 Å². The summed E-state index contributed by atoms with van der Waals surface area (Å²) in [6, 6.07) is 10.5. The zero-order valence-electron chi connectivity index (χ0n) is 16.7. The molecule has 3 amide bonds. The van der Waals surface area contributed by atoms with Crippen LogP contribution in [0.4, 0.5) is 4.79 Å². The zero-order chi connectivity index (χ0) is 21.9. The summed E-state index contributed by atoms with van der Waals surface area (Å²) in [6.07, 6.45) is 0. The molecule has 9 nitrogen and oxygen atoms in total. The van der Waals surface area contributed by atoms with Crippen molar-refractivity contribution in [3.8, 4) is 17.2 Å². The second-order valence-corrected chi connectivity index (χ2v) is 8.97. The summed E-state index contributed by atoms with van der Waals surface area (Å²) >= 11 is 0. The van der Waals surface area contributed by atoms with Crippen LogP contribution in [0, 0.1) is 0 Å². The highest BCUT2D eigenvalue weighted by Gasteiger charge is 2.45. The third-order valence-corrected chi connectivity index (χ3v) is 6.54. The van der Waals surface area contributed by atoms with E-state index in [1.165, 1.54) is 31.2 Å². The number of urea groups is 1. The summed E-state index contributed by atoms with van der Waals surface area (Å²) in [7, 11) is -0.714. The van der Waals surface area contributed by atoms with Crippen LogP contribution >= 0.6 is 0 Å². The van der Waals surface area contributed by atoms with Gasteiger partial charge >= 0.3 is 6.03 Å². The molecule has 160 valence electrons. The Hall–Kier alpha value is -3.27. The van der Waals surface area contributed by atoms with E-state index >= 15 is 0 Å². The van der Waals surface area contributed by atoms with E-state index in [0.717, 1.165) is 5.56 Å². The number of hydrogen-bond donors (Lipinski definition) is 2. The molecular formula is C20H22N2O7S. The minimum absolute atomic E-state index is 0.0214. The number of carbonyl (C=O) groups is 2. The molecule has 1 aliphatic rings. The van der Waals surface area contributed by atoms with E-state index in [2.05, 4.69) is 5.32 Å². The molecule has 0 bridgehead atoms. The highest BCUT2D eigenvalue weighted by molar-refractivity contribution is 7.91. The quantitative estimate of drug-likeness (QED) is 0.606. The van der Waals surface area contributed by atoms with Crippen LogP contribution < -0.4 is 24.8 Å². The van der Waals surface area contributed by atoms with E-state index in [1.807, 2.05) is 17.4 Å². The van der Waals surface area contributed by atoms with Crippen molar-refractivity contribution >= 4 is 21.8 Å². The number of imide groups is 1. The summed E-state index contributed by atoms with van der Waals surface area (Å²) in [5.41, 5.74) is -0.699. The smallest absolute Gasteiger partial charge is 0.322 e. The molecule has 0 spiro atoms. The highest BCUT2D eigenvalue weighted by Crippen LogP contribution is 2.25. The average molecular weight is 434 g/mol. The van der Waals surface area contributed by atoms with Gasteiger partial charge in [0.25, 0.3) is 5.91 Å². The molecule has 2 aromatic carbocycles. The van der Waals surface area contributed by atoms with Gasteiger partial charge in [-0.3, -0.25) is 10.1 Å². The number of nitrogens with one attached hydrogen (secondary N) is 2. The van der Waals surface area contributed by atoms with Crippen LogP contribution in [0.15, 0.2) is 47.4 Å². The van der Waals surface area contributed by atoms with Gasteiger partial charge in [-0.25, -0.2) is 13.2 Å². The van der Waals surface area contributed by atoms with E-state index in [0.29, 0.717) is 17.2 Å². The Labute approximate surface area is 174 Å². The number of carbonyl (C=O) groups excluding carboxylic acids is 2. The van der Waals surface area contributed by atoms with Crippen molar-refractivity contribution in [2.45, 2.75) is 24.0 Å². The summed E-state index contributed by atoms with van der Waals surface area (Å²) < 4.78 is 41.5. The Balaban J connectivity index is 1.69. The van der Waals surface area contributed by atoms with Crippen LogP contribution in [-0.4, -0.2) is 45.9 Å². The van der Waals surface area contributed by atoms with Crippen molar-refractivity contribution in [2.24, 2.45) is 0 Å². The Morgan fingerprint density at radius 3 is 2.03 bits per heavy atom. The predicted octanol–water partition coefficient (Wildman–Crippen LogP) is 1.65. The second kappa shape index (κ2) is 8.23. The van der Waals surface area contributed by atoms with Crippen molar-refractivity contribution < 1.29 is 32.2 Å². The summed E-state index contributed by atoms with van der Waals surface area (Å²) in [5.74, 6) is 0.497. The normalized spacial score (nSPS) is 18.5. The molecule has 1 aliphatic heterocycles. The van der Waals surface area contributed by atoms with E-state index in [-0.39, 0.29) is 11.5 Å². The molecule has 1 fully saturated rings. The Morgan fingerprint density at radius 1 is 0.933 bits per heavy atom. The van der Waals surface area contributed by atoms with Crippen molar-refractivity contribution in [1.82, 2.24) is 10.6 Å². The minimum Gasteiger partial charge on any atom is -0.497 e. The molecule has 2 aromatic rings. The molecule has 1 atom stereocenters. The molecule has 0 radical (unpaired) electrons. The largest absolute Gasteiger partial charge is 0.497 e. The lowest BCUT2D eigenvalue weighted by molar-refractivity contribution is -0.122. The van der Waals surface area contributed by atoms with Gasteiger partial charge in [-0.2, -0.15) is 0 Å². The fourth-order valence-electron chi connectivity index (χ4n) is 3.00. The Kier molecular flexibility index (Phi) is 5.88. The van der Waals surface area contributed by atoms with Crippen LogP contribution in [0.25, 0.3) is 0 Å². The van der Waals surface area contributed by atoms with Crippen LogP contribution in [0.2, 0.25) is 0 Å². The van der Waals surface area contributed by atoms with Gasteiger partial charge in [0, 0.05) is 6.07 Å². The monoisotopic (exact) mass is 434 g/mol. The Bertz CT molecular complexity index is 1040. The van der Waals surface area contributed by atoms with Crippen LogP contribution in [-0.2, 0) is 21.2 Å². The van der Waals surface area contributed by atoms with Gasteiger partial charge in [-0.1, -0.05) is 0 Å². The zero-order valence-corrected chi connectivity index (χ0v) is 17.5. The first-order chi connectivity index (χ1) is 14.1. The Morgan fingerprint density at radius 2 is 1.53 bits per heavy atom. The van der Waals surface area contributed by atoms with E-state index in [9.17, 15) is 18.0 Å². The molecule has 0 aliphatic carbocycles. The lowest BCUT2D eigenvalue weighted by Crippen LogP contribution is -2.49. The second-order valence-electron chi connectivity index (χ2n) is 6.98. The molecule has 3 rings (SSSR count). The molecule has 2 N–H and O–H groups in total. The summed E-state index contributed by atoms with van der Waals surface area (Å²) in [6.45, 7) is 1.59. The molecule has 1 saturated heterocycles. The number of rotatable bonds is 8. The maximum atomic E-state index is 12.7. The number of hydrogen-bond acceptors (Lipinski definition) is 7. The first kappa shape index (κ1) is 21.4. The van der Waals surface area contributed by atoms with Crippen LogP contribution in [0.3, 0.4) is 0 Å². The van der Waals surface area contributed by atoms with Gasteiger partial charge in [0.1, 0.15) is 29.4 Å². The first-order valence-electron chi connectivity index (χ1n) is 8.96. The summed E-state index contributed by atoms with van der Waals surface area (Å²) in [5, 5.41) is 4.40. The predicted molar refractivity (Wildman–Crippen MR) is 107 cm³/mol. The standard InChI is InChI=1S/C20H22N2O7S/c1-20(18(23)21-19(24)22-20)12-30(25,26)17-6-4-14(5-7-17)29-11-13-8-15(27-2)10-16(9-13)28-3/h4-10H,11-12H2,1-3H3,(H2,21,22,23,24). The van der Waals surface area contributed by atoms with Crippen LogP contribution in [0.5, 0.6) is 17.2 Å². The maximum Gasteiger partial charge on any atom is 0.322 e. The fraction of sp³-hybridized carbons (Fsp3) is 0.300. The van der Waals surface area contributed by atoms with Gasteiger partial charge in [-0.05, 0) is 48.9 Å². The summed E-state index contributed by atoms with van der Waals surface area (Å²) in [4.78, 5) is 23.2. The number of benzene rings is 2. The topological polar surface area (TPSA) is 120 Å². The number of methoxy groups -OCH3 is 2. The van der Waals surface area contributed by atoms with E-state index in [1.54, 1.807) is 20.3 Å². The van der Waals surface area contributed by atoms with Crippen molar-refractivity contribution in [3.05, 3.63) is 48.0 Å². The third kappa shape index (κ3) is 4.65. The van der Waals surface area contributed by atoms with Crippen LogP contribution in [0.1, 0.15) is 12.5 Å². The molecular weight excluding hydrogens is 412 g/mol. The molecule has 30 heavy (non-hydrogen) atoms. The average Bonchev–Trinajstić information content (AvgIpc) is 2.96. The fourth-order valence-corrected chi connectivity index (χ4v) is 4.68. The van der Waals surface area contributed by atoms with Gasteiger partial charge in [0.2, 0.25) is 0 Å². The molecule has 0 aromatic heterocycles. The molecule has 1 heterocycles. The number of amides is 3. The number of ether oxygens (including phenoxy) is 3. The maximum absolute atomic E-state index is 12.7. The first-order valence-corrected chi connectivity index (χ1v) is 10.6. The van der Waals surface area contributed by atoms with Gasteiger partial charge in [-0.15, -0.1) is 0 Å². The van der Waals surface area contributed by atoms with E-state index < -0.39 is 33.1 Å². The van der Waals surface area contributed by atoms with Crippen molar-refractivity contribution in [2.75, 3.05) is 20.0 Å². The molecule has 1 unspecified atom stereocenters. The van der Waals surface area contributed by atoms with Gasteiger partial charge in [0.15, 0.2) is 9.84 Å². The number of sulfone groups is 1. The van der Waals surface area contributed by atoms with Crippen molar-refractivity contribution in [3.63, 3.8) is 0 Å². The van der Waals surface area contributed by atoms with Gasteiger partial charge in [0.05, 0.1) is 24.9 Å². The highest BCUT2D eigenvalue weighted by atomic mass is 32.2. The van der Waals surface area contributed by atoms with Gasteiger partial charge < -0.3 is 19.5 Å². The SMILES string of the molecule is COc1cc(COc2ccc(S(=O)(=O)CC3(C)NC(=O)NC3=O)cc2)cc(OC)c1. The lowest BCUT2D eigenvalue weighted by atomic mass is 10.1. The minimum atomic E-state index is -3.82.